The normalized spacial score (nSPS) is 15.0. The summed E-state index contributed by atoms with van der Waals surface area (Å²) in [4.78, 5) is 42.5. The van der Waals surface area contributed by atoms with Crippen molar-refractivity contribution >= 4 is 40.0 Å². The van der Waals surface area contributed by atoms with Crippen LogP contribution in [-0.2, 0) is 4.79 Å². The van der Waals surface area contributed by atoms with Crippen LogP contribution in [0.1, 0.15) is 43.6 Å². The molecule has 0 fully saturated rings. The summed E-state index contributed by atoms with van der Waals surface area (Å²) in [5.74, 6) is 0.168. The molecule has 0 saturated carbocycles. The molecule has 0 bridgehead atoms. The lowest BCUT2D eigenvalue weighted by Crippen LogP contribution is -2.27. The van der Waals surface area contributed by atoms with Gasteiger partial charge in [-0.25, -0.2) is 4.98 Å². The van der Waals surface area contributed by atoms with Gasteiger partial charge in [0.25, 0.3) is 11.5 Å². The molecule has 7 nitrogen and oxygen atoms in total. The Morgan fingerprint density at radius 2 is 2.00 bits per heavy atom. The van der Waals surface area contributed by atoms with Crippen molar-refractivity contribution < 1.29 is 14.3 Å². The van der Waals surface area contributed by atoms with E-state index in [1.807, 2.05) is 26.0 Å². The maximum absolute atomic E-state index is 13.1. The number of nitrogens with zero attached hydrogens (tertiary/aromatic N) is 2. The molecule has 2 atom stereocenters. The minimum absolute atomic E-state index is 0.0344. The number of Topliss-reactive ketones (excluding diaryl/α,β-unsaturated/α-hetero) is 1. The number of fused-ring (bicyclic) bond motifs is 2. The van der Waals surface area contributed by atoms with Crippen LogP contribution < -0.4 is 15.6 Å². The number of carbonyl (C=O) groups is 2. The van der Waals surface area contributed by atoms with Crippen LogP contribution in [0.3, 0.4) is 0 Å². The second-order valence-corrected chi connectivity index (χ2v) is 8.82. The van der Waals surface area contributed by atoms with E-state index in [2.05, 4.69) is 5.32 Å². The number of ketones is 1. The minimum Gasteiger partial charge on any atom is -0.482 e. The number of nitrogens with one attached hydrogen (secondary N) is 1. The number of amides is 1. The molecule has 2 aromatic carbocycles. The zero-order chi connectivity index (χ0) is 22.1. The summed E-state index contributed by atoms with van der Waals surface area (Å²) < 4.78 is 7.04. The number of hydrogen-bond donors (Lipinski definition) is 1. The second kappa shape index (κ2) is 8.55. The van der Waals surface area contributed by atoms with E-state index in [0.29, 0.717) is 33.1 Å². The number of anilines is 1. The van der Waals surface area contributed by atoms with Gasteiger partial charge in [-0.2, -0.15) is 0 Å². The van der Waals surface area contributed by atoms with Gasteiger partial charge in [-0.3, -0.25) is 19.0 Å². The second-order valence-electron chi connectivity index (χ2n) is 7.52. The predicted molar refractivity (Wildman–Crippen MR) is 121 cm³/mol. The summed E-state index contributed by atoms with van der Waals surface area (Å²) in [5, 5.41) is 3.33. The third-order valence-electron chi connectivity index (χ3n) is 5.36. The summed E-state index contributed by atoms with van der Waals surface area (Å²) in [6.07, 6.45) is 0.764. The molecule has 4 rings (SSSR count). The van der Waals surface area contributed by atoms with E-state index in [0.717, 1.165) is 6.42 Å². The van der Waals surface area contributed by atoms with Gasteiger partial charge in [0.05, 0.1) is 21.8 Å². The van der Waals surface area contributed by atoms with E-state index in [-0.39, 0.29) is 29.9 Å². The summed E-state index contributed by atoms with van der Waals surface area (Å²) >= 11 is 1.27. The largest absolute Gasteiger partial charge is 0.482 e. The molecule has 0 unspecified atom stereocenters. The molecule has 2 heterocycles. The van der Waals surface area contributed by atoms with Crippen molar-refractivity contribution in [2.75, 3.05) is 11.9 Å². The fourth-order valence-electron chi connectivity index (χ4n) is 3.46. The Bertz CT molecular complexity index is 1240. The standard InChI is InChI=1S/C23H23N3O4S/c1-4-13(2)26-22(29)16-7-5-6-8-17(16)25-23(26)31-14(3)21(28)15-9-10-19-18(11-15)24-20(27)12-30-19/h5-11,13-14H,4,12H2,1-3H3,(H,24,27)/t13-,14-/m1/s1. The number of rotatable bonds is 6. The smallest absolute Gasteiger partial charge is 0.262 e. The zero-order valence-electron chi connectivity index (χ0n) is 17.5. The predicted octanol–water partition coefficient (Wildman–Crippen LogP) is 4.06. The molecule has 8 heteroatoms. The molecule has 3 aromatic rings. The van der Waals surface area contributed by atoms with E-state index in [1.165, 1.54) is 11.8 Å². The lowest BCUT2D eigenvalue weighted by atomic mass is 10.1. The van der Waals surface area contributed by atoms with Gasteiger partial charge < -0.3 is 10.1 Å². The van der Waals surface area contributed by atoms with E-state index >= 15 is 0 Å². The van der Waals surface area contributed by atoms with Crippen LogP contribution in [0.25, 0.3) is 10.9 Å². The van der Waals surface area contributed by atoms with Crippen LogP contribution in [0.15, 0.2) is 52.4 Å². The van der Waals surface area contributed by atoms with E-state index in [4.69, 9.17) is 9.72 Å². The molecule has 1 aromatic heterocycles. The lowest BCUT2D eigenvalue weighted by Gasteiger charge is -2.21. The monoisotopic (exact) mass is 437 g/mol. The Labute approximate surface area is 183 Å². The zero-order valence-corrected chi connectivity index (χ0v) is 18.4. The number of benzene rings is 2. The number of aromatic nitrogens is 2. The molecular weight excluding hydrogens is 414 g/mol. The van der Waals surface area contributed by atoms with E-state index in [1.54, 1.807) is 41.8 Å². The molecular formula is C23H23N3O4S. The summed E-state index contributed by atoms with van der Waals surface area (Å²) in [6.45, 7) is 5.75. The molecule has 0 saturated heterocycles. The van der Waals surface area contributed by atoms with E-state index in [9.17, 15) is 14.4 Å². The SMILES string of the molecule is CC[C@@H](C)n1c(S[C@H](C)C(=O)c2ccc3c(c2)NC(=O)CO3)nc2ccccc2c1=O. The quantitative estimate of drug-likeness (QED) is 0.355. The summed E-state index contributed by atoms with van der Waals surface area (Å²) in [6, 6.07) is 12.2. The van der Waals surface area contributed by atoms with Gasteiger partial charge in [0.15, 0.2) is 17.5 Å². The first-order chi connectivity index (χ1) is 14.9. The highest BCUT2D eigenvalue weighted by Gasteiger charge is 2.24. The maximum Gasteiger partial charge on any atom is 0.262 e. The minimum atomic E-state index is -0.485. The van der Waals surface area contributed by atoms with Crippen LogP contribution in [0.2, 0.25) is 0 Å². The van der Waals surface area contributed by atoms with Crippen LogP contribution in [0.4, 0.5) is 5.69 Å². The number of ether oxygens (including phenoxy) is 1. The number of carbonyl (C=O) groups excluding carboxylic acids is 2. The molecule has 1 amide bonds. The first-order valence-electron chi connectivity index (χ1n) is 10.2. The molecule has 0 radical (unpaired) electrons. The molecule has 1 aliphatic rings. The third kappa shape index (κ3) is 4.07. The Morgan fingerprint density at radius 3 is 2.77 bits per heavy atom. The van der Waals surface area contributed by atoms with Gasteiger partial charge >= 0.3 is 0 Å². The Morgan fingerprint density at radius 1 is 1.23 bits per heavy atom. The topological polar surface area (TPSA) is 90.3 Å². The van der Waals surface area contributed by atoms with Crippen LogP contribution in [0, 0.1) is 0 Å². The Kier molecular flexibility index (Phi) is 5.82. The highest BCUT2D eigenvalue weighted by atomic mass is 32.2. The molecule has 0 spiro atoms. The summed E-state index contributed by atoms with van der Waals surface area (Å²) in [5.41, 5.74) is 1.46. The fraction of sp³-hybridized carbons (Fsp3) is 0.304. The first kappa shape index (κ1) is 21.1. The van der Waals surface area contributed by atoms with Gasteiger partial charge in [0.1, 0.15) is 5.75 Å². The highest BCUT2D eigenvalue weighted by molar-refractivity contribution is 8.00. The highest BCUT2D eigenvalue weighted by Crippen LogP contribution is 2.32. The van der Waals surface area contributed by atoms with Gasteiger partial charge in [-0.05, 0) is 50.6 Å². The van der Waals surface area contributed by atoms with Crippen molar-refractivity contribution in [2.45, 2.75) is 43.6 Å². The third-order valence-corrected chi connectivity index (χ3v) is 6.42. The average Bonchev–Trinajstić information content (AvgIpc) is 2.77. The first-order valence-corrected chi connectivity index (χ1v) is 11.1. The van der Waals surface area contributed by atoms with Gasteiger partial charge in [0, 0.05) is 11.6 Å². The van der Waals surface area contributed by atoms with Crippen molar-refractivity contribution in [3.8, 4) is 5.75 Å². The Hall–Kier alpha value is -3.13. The van der Waals surface area contributed by atoms with Crippen molar-refractivity contribution in [3.05, 3.63) is 58.4 Å². The molecule has 31 heavy (non-hydrogen) atoms. The summed E-state index contributed by atoms with van der Waals surface area (Å²) in [7, 11) is 0. The van der Waals surface area contributed by atoms with Crippen LogP contribution in [0.5, 0.6) is 5.75 Å². The molecule has 1 aliphatic heterocycles. The van der Waals surface area contributed by atoms with Crippen molar-refractivity contribution in [2.24, 2.45) is 0 Å². The molecule has 1 N–H and O–H groups in total. The molecule has 0 aliphatic carbocycles. The van der Waals surface area contributed by atoms with E-state index < -0.39 is 5.25 Å². The number of hydrogen-bond acceptors (Lipinski definition) is 6. The van der Waals surface area contributed by atoms with Crippen molar-refractivity contribution in [1.82, 2.24) is 9.55 Å². The van der Waals surface area contributed by atoms with Crippen molar-refractivity contribution in [1.29, 1.82) is 0 Å². The Balaban J connectivity index is 1.67. The fourth-order valence-corrected chi connectivity index (χ4v) is 4.55. The maximum atomic E-state index is 13.1. The van der Waals surface area contributed by atoms with Gasteiger partial charge in [-0.1, -0.05) is 30.8 Å². The van der Waals surface area contributed by atoms with Crippen LogP contribution >= 0.6 is 11.8 Å². The van der Waals surface area contributed by atoms with Crippen molar-refractivity contribution in [3.63, 3.8) is 0 Å². The molecule has 160 valence electrons. The van der Waals surface area contributed by atoms with Gasteiger partial charge in [-0.15, -0.1) is 0 Å². The number of para-hydroxylation sites is 1. The lowest BCUT2D eigenvalue weighted by molar-refractivity contribution is -0.118. The number of thioether (sulfide) groups is 1. The van der Waals surface area contributed by atoms with Gasteiger partial charge in [0.2, 0.25) is 0 Å². The van der Waals surface area contributed by atoms with Crippen LogP contribution in [-0.4, -0.2) is 33.1 Å². The average molecular weight is 438 g/mol.